The largest absolute Gasteiger partial charge is 1.00 e. The van der Waals surface area contributed by atoms with E-state index in [0.29, 0.717) is 34.7 Å². The number of rotatable bonds is 3. The second-order valence-electron chi connectivity index (χ2n) is 7.93. The number of hydroxylamine groups is 2. The standard InChI is InChI=1S/C16H14Cl3N2O.C9H10.K/c17-12-3-1-11(2-4-12)16-10-20(22)7-8-21(16)15-6-5-13(18)9-14(15)19;1-2-4-8(5-3-1)9-6-7-9;/h1-6,9,16H,7-8,10H2;1-5,9H,6-7H2;/q-1;;+1. The second-order valence-corrected chi connectivity index (χ2v) is 9.21. The zero-order valence-corrected chi connectivity index (χ0v) is 23.4. The molecule has 7 heteroatoms. The number of halogens is 3. The van der Waals surface area contributed by atoms with Crippen molar-refractivity contribution in [2.24, 2.45) is 0 Å². The van der Waals surface area contributed by atoms with E-state index in [1.54, 1.807) is 6.07 Å². The van der Waals surface area contributed by atoms with Crippen LogP contribution in [0.3, 0.4) is 0 Å². The Morgan fingerprint density at radius 1 is 0.750 bits per heavy atom. The van der Waals surface area contributed by atoms with Gasteiger partial charge in [-0.1, -0.05) is 77.3 Å². The fourth-order valence-electron chi connectivity index (χ4n) is 3.87. The number of benzene rings is 3. The second kappa shape index (κ2) is 12.5. The third kappa shape index (κ3) is 7.19. The molecular weight excluding hydrogens is 490 g/mol. The van der Waals surface area contributed by atoms with Gasteiger partial charge in [0, 0.05) is 29.7 Å². The van der Waals surface area contributed by atoms with E-state index < -0.39 is 0 Å². The summed E-state index contributed by atoms with van der Waals surface area (Å²) in [7, 11) is 0. The number of hydrogen-bond donors (Lipinski definition) is 0. The molecule has 0 spiro atoms. The fourth-order valence-corrected chi connectivity index (χ4v) is 4.52. The Bertz CT molecular complexity index is 1000. The first-order chi connectivity index (χ1) is 15.0. The minimum atomic E-state index is -0.0674. The normalized spacial score (nSPS) is 18.4. The van der Waals surface area contributed by atoms with Crippen LogP contribution in [0.4, 0.5) is 5.69 Å². The van der Waals surface area contributed by atoms with E-state index in [2.05, 4.69) is 35.2 Å². The van der Waals surface area contributed by atoms with Crippen molar-refractivity contribution in [3.63, 3.8) is 0 Å². The molecule has 2 aliphatic rings. The van der Waals surface area contributed by atoms with E-state index >= 15 is 0 Å². The van der Waals surface area contributed by atoms with Gasteiger partial charge in [-0.25, -0.2) is 0 Å². The van der Waals surface area contributed by atoms with Gasteiger partial charge in [0.2, 0.25) is 0 Å². The molecule has 3 aromatic rings. The van der Waals surface area contributed by atoms with Crippen molar-refractivity contribution in [3.05, 3.63) is 104 Å². The van der Waals surface area contributed by atoms with Crippen molar-refractivity contribution in [2.45, 2.75) is 24.8 Å². The number of hydrogen-bond acceptors (Lipinski definition) is 3. The molecule has 0 aromatic heterocycles. The molecule has 0 amide bonds. The molecule has 0 N–H and O–H groups in total. The van der Waals surface area contributed by atoms with Crippen molar-refractivity contribution in [3.8, 4) is 0 Å². The summed E-state index contributed by atoms with van der Waals surface area (Å²) in [5, 5.41) is 14.8. The van der Waals surface area contributed by atoms with Crippen molar-refractivity contribution >= 4 is 40.5 Å². The van der Waals surface area contributed by atoms with Crippen LogP contribution < -0.4 is 56.3 Å². The molecule has 1 unspecified atom stereocenters. The average molecular weight is 514 g/mol. The predicted molar refractivity (Wildman–Crippen MR) is 131 cm³/mol. The molecule has 3 nitrogen and oxygen atoms in total. The van der Waals surface area contributed by atoms with Gasteiger partial charge in [-0.2, -0.15) is 0 Å². The molecule has 1 saturated heterocycles. The average Bonchev–Trinajstić information content (AvgIpc) is 3.61. The molecule has 0 bridgehead atoms. The summed E-state index contributed by atoms with van der Waals surface area (Å²) < 4.78 is 0. The van der Waals surface area contributed by atoms with E-state index in [9.17, 15) is 5.21 Å². The quantitative estimate of drug-likeness (QED) is 0.480. The first-order valence-corrected chi connectivity index (χ1v) is 11.6. The Morgan fingerprint density at radius 2 is 1.41 bits per heavy atom. The first kappa shape index (κ1) is 26.5. The minimum Gasteiger partial charge on any atom is -0.785 e. The Kier molecular flexibility index (Phi) is 10.4. The van der Waals surface area contributed by atoms with Gasteiger partial charge in [0.25, 0.3) is 0 Å². The minimum absolute atomic E-state index is 0. The van der Waals surface area contributed by atoms with Crippen molar-refractivity contribution < 1.29 is 51.4 Å². The summed E-state index contributed by atoms with van der Waals surface area (Å²) in [5.41, 5.74) is 3.45. The SMILES string of the molecule is [K+].[O-]N1CCN(c2ccc(Cl)cc2Cl)C(c2ccc(Cl)cc2)C1.c1ccc(C2CC2)cc1. The maximum atomic E-state index is 11.8. The Balaban J connectivity index is 0.000000241. The van der Waals surface area contributed by atoms with Gasteiger partial charge >= 0.3 is 51.4 Å². The Labute approximate surface area is 247 Å². The zero-order valence-electron chi connectivity index (χ0n) is 18.1. The molecule has 3 aromatic carbocycles. The number of anilines is 1. The fraction of sp³-hybridized carbons (Fsp3) is 0.280. The van der Waals surface area contributed by atoms with Crippen LogP contribution in [0.25, 0.3) is 0 Å². The van der Waals surface area contributed by atoms with Crippen LogP contribution in [0.2, 0.25) is 15.1 Å². The summed E-state index contributed by atoms with van der Waals surface area (Å²) in [4.78, 5) is 2.15. The number of piperazine rings is 1. The van der Waals surface area contributed by atoms with E-state index in [1.165, 1.54) is 18.4 Å². The topological polar surface area (TPSA) is 29.5 Å². The molecule has 2 fully saturated rings. The van der Waals surface area contributed by atoms with Gasteiger partial charge in [-0.3, -0.25) is 0 Å². The zero-order chi connectivity index (χ0) is 21.8. The Morgan fingerprint density at radius 3 is 2.03 bits per heavy atom. The van der Waals surface area contributed by atoms with Gasteiger partial charge < -0.3 is 15.2 Å². The molecule has 1 aliphatic heterocycles. The summed E-state index contributed by atoms with van der Waals surface area (Å²) in [6.07, 6.45) is 2.81. The molecule has 5 rings (SSSR count). The van der Waals surface area contributed by atoms with E-state index in [0.717, 1.165) is 22.2 Å². The van der Waals surface area contributed by atoms with Crippen molar-refractivity contribution in [1.82, 2.24) is 5.06 Å². The molecular formula is C25H24Cl3KN2O. The van der Waals surface area contributed by atoms with Gasteiger partial charge in [-0.05, 0) is 60.2 Å². The van der Waals surface area contributed by atoms with Crippen LogP contribution in [0.15, 0.2) is 72.8 Å². The van der Waals surface area contributed by atoms with Crippen LogP contribution in [0, 0.1) is 5.21 Å². The van der Waals surface area contributed by atoms with Crippen LogP contribution in [0.5, 0.6) is 0 Å². The molecule has 0 radical (unpaired) electrons. The predicted octanol–water partition coefficient (Wildman–Crippen LogP) is 4.58. The summed E-state index contributed by atoms with van der Waals surface area (Å²) in [6, 6.07) is 23.7. The molecule has 32 heavy (non-hydrogen) atoms. The molecule has 1 aliphatic carbocycles. The van der Waals surface area contributed by atoms with E-state index in [-0.39, 0.29) is 57.4 Å². The van der Waals surface area contributed by atoms with Crippen molar-refractivity contribution in [2.75, 3.05) is 24.5 Å². The third-order valence-corrected chi connectivity index (χ3v) is 6.46. The van der Waals surface area contributed by atoms with Crippen LogP contribution in [0.1, 0.15) is 35.9 Å². The van der Waals surface area contributed by atoms with Crippen molar-refractivity contribution in [1.29, 1.82) is 0 Å². The Hall–Kier alpha value is -0.114. The smallest absolute Gasteiger partial charge is 0.785 e. The number of nitrogens with zero attached hydrogens (tertiary/aromatic N) is 2. The molecule has 1 atom stereocenters. The van der Waals surface area contributed by atoms with Gasteiger partial charge in [0.1, 0.15) is 0 Å². The molecule has 162 valence electrons. The molecule has 1 saturated carbocycles. The third-order valence-electron chi connectivity index (χ3n) is 5.67. The maximum absolute atomic E-state index is 11.8. The van der Waals surface area contributed by atoms with Crippen LogP contribution >= 0.6 is 34.8 Å². The summed E-state index contributed by atoms with van der Waals surface area (Å²) >= 11 is 18.3. The van der Waals surface area contributed by atoms with Gasteiger partial charge in [0.05, 0.1) is 16.8 Å². The van der Waals surface area contributed by atoms with Crippen LogP contribution in [-0.2, 0) is 0 Å². The van der Waals surface area contributed by atoms with Crippen LogP contribution in [-0.4, -0.2) is 24.7 Å². The van der Waals surface area contributed by atoms with Gasteiger partial charge in [-0.15, -0.1) is 0 Å². The maximum Gasteiger partial charge on any atom is 1.00 e. The van der Waals surface area contributed by atoms with Gasteiger partial charge in [0.15, 0.2) is 0 Å². The summed E-state index contributed by atoms with van der Waals surface area (Å²) in [5.74, 6) is 0.909. The monoisotopic (exact) mass is 512 g/mol. The summed E-state index contributed by atoms with van der Waals surface area (Å²) in [6.45, 7) is 1.45. The molecule has 1 heterocycles. The first-order valence-electron chi connectivity index (χ1n) is 10.5. The van der Waals surface area contributed by atoms with E-state index in [4.69, 9.17) is 34.8 Å². The van der Waals surface area contributed by atoms with E-state index in [1.807, 2.05) is 36.4 Å².